The lowest BCUT2D eigenvalue weighted by Crippen LogP contribution is -2.29. The highest BCUT2D eigenvalue weighted by Gasteiger charge is 2.36. The molecular formula is C11H8BrNO2. The highest BCUT2D eigenvalue weighted by molar-refractivity contribution is 9.09. The van der Waals surface area contributed by atoms with Crippen molar-refractivity contribution in [2.24, 2.45) is 0 Å². The Labute approximate surface area is 95.5 Å². The number of fused-ring (bicyclic) bond motifs is 1. The number of halogens is 1. The van der Waals surface area contributed by atoms with Gasteiger partial charge in [0.25, 0.3) is 11.8 Å². The Bertz CT molecular complexity index is 432. The zero-order valence-electron chi connectivity index (χ0n) is 7.87. The van der Waals surface area contributed by atoms with Gasteiger partial charge in [0.05, 0.1) is 11.1 Å². The van der Waals surface area contributed by atoms with Gasteiger partial charge in [-0.3, -0.25) is 9.59 Å². The summed E-state index contributed by atoms with van der Waals surface area (Å²) in [6.45, 7) is 3.68. The number of imide groups is 1. The van der Waals surface area contributed by atoms with Gasteiger partial charge in [-0.25, -0.2) is 4.90 Å². The van der Waals surface area contributed by atoms with Gasteiger partial charge < -0.3 is 0 Å². The van der Waals surface area contributed by atoms with E-state index < -0.39 is 0 Å². The molecule has 1 aromatic rings. The van der Waals surface area contributed by atoms with Crippen LogP contribution in [0.25, 0.3) is 0 Å². The number of alkyl halides is 1. The first-order chi connectivity index (χ1) is 7.16. The predicted octanol–water partition coefficient (Wildman–Crippen LogP) is 2.19. The van der Waals surface area contributed by atoms with Crippen LogP contribution in [0.2, 0.25) is 0 Å². The van der Waals surface area contributed by atoms with Gasteiger partial charge in [-0.05, 0) is 12.1 Å². The second kappa shape index (κ2) is 3.62. The second-order valence-corrected chi connectivity index (χ2v) is 3.75. The number of hydrogen-bond acceptors (Lipinski definition) is 2. The largest absolute Gasteiger partial charge is 0.268 e. The van der Waals surface area contributed by atoms with Crippen molar-refractivity contribution in [1.82, 2.24) is 4.90 Å². The predicted molar refractivity (Wildman–Crippen MR) is 59.9 cm³/mol. The van der Waals surface area contributed by atoms with Crippen LogP contribution in [-0.2, 0) is 0 Å². The Morgan fingerprint density at radius 1 is 1.20 bits per heavy atom. The monoisotopic (exact) mass is 265 g/mol. The number of carbonyl (C=O) groups excluding carboxylic acids is 2. The third kappa shape index (κ3) is 1.41. The molecule has 0 aliphatic carbocycles. The van der Waals surface area contributed by atoms with Crippen LogP contribution in [0.5, 0.6) is 0 Å². The number of benzene rings is 1. The van der Waals surface area contributed by atoms with Crippen LogP contribution in [0.15, 0.2) is 36.5 Å². The molecule has 4 heteroatoms. The molecule has 0 unspecified atom stereocenters. The van der Waals surface area contributed by atoms with Crippen LogP contribution in [-0.4, -0.2) is 22.0 Å². The van der Waals surface area contributed by atoms with Crippen molar-refractivity contribution >= 4 is 27.7 Å². The van der Waals surface area contributed by atoms with Crippen LogP contribution in [0.3, 0.4) is 0 Å². The number of amides is 2. The summed E-state index contributed by atoms with van der Waals surface area (Å²) in [5.41, 5.74) is 1.36. The zero-order valence-corrected chi connectivity index (χ0v) is 9.45. The van der Waals surface area contributed by atoms with E-state index >= 15 is 0 Å². The highest BCUT2D eigenvalue weighted by atomic mass is 79.9. The third-order valence-corrected chi connectivity index (χ3v) is 2.91. The quantitative estimate of drug-likeness (QED) is 0.607. The Morgan fingerprint density at radius 2 is 1.67 bits per heavy atom. The average Bonchev–Trinajstić information content (AvgIpc) is 2.52. The number of rotatable bonds is 2. The van der Waals surface area contributed by atoms with Gasteiger partial charge in [-0.15, -0.1) is 0 Å². The average molecular weight is 266 g/mol. The lowest BCUT2D eigenvalue weighted by molar-refractivity contribution is 0.0706. The molecular weight excluding hydrogens is 258 g/mol. The second-order valence-electron chi connectivity index (χ2n) is 3.19. The summed E-state index contributed by atoms with van der Waals surface area (Å²) < 4.78 is 0. The molecule has 0 saturated carbocycles. The van der Waals surface area contributed by atoms with Crippen molar-refractivity contribution in [3.63, 3.8) is 0 Å². The van der Waals surface area contributed by atoms with E-state index in [2.05, 4.69) is 22.5 Å². The van der Waals surface area contributed by atoms with E-state index in [0.717, 1.165) is 4.90 Å². The van der Waals surface area contributed by atoms with Crippen LogP contribution < -0.4 is 0 Å². The molecule has 0 N–H and O–H groups in total. The van der Waals surface area contributed by atoms with Crippen molar-refractivity contribution in [2.45, 2.75) is 0 Å². The number of nitrogens with zero attached hydrogens (tertiary/aromatic N) is 1. The molecule has 0 bridgehead atoms. The van der Waals surface area contributed by atoms with Gasteiger partial charge >= 0.3 is 0 Å². The standard InChI is InChI=1S/C11H8BrNO2/c1-7(6-12)13-10(14)8-4-2-3-5-9(8)11(13)15/h2-5H,1,6H2. The van der Waals surface area contributed by atoms with Gasteiger partial charge in [0, 0.05) is 11.0 Å². The van der Waals surface area contributed by atoms with Crippen molar-refractivity contribution in [3.05, 3.63) is 47.7 Å². The van der Waals surface area contributed by atoms with Gasteiger partial charge in [-0.1, -0.05) is 34.6 Å². The zero-order chi connectivity index (χ0) is 11.0. The first-order valence-electron chi connectivity index (χ1n) is 4.38. The molecule has 2 rings (SSSR count). The Hall–Kier alpha value is -1.42. The molecule has 0 radical (unpaired) electrons. The maximum Gasteiger partial charge on any atom is 0.265 e. The van der Waals surface area contributed by atoms with E-state index in [9.17, 15) is 9.59 Å². The maximum atomic E-state index is 11.8. The van der Waals surface area contributed by atoms with E-state index in [4.69, 9.17) is 0 Å². The van der Waals surface area contributed by atoms with Crippen LogP contribution in [0.1, 0.15) is 20.7 Å². The summed E-state index contributed by atoms with van der Waals surface area (Å²) in [7, 11) is 0. The van der Waals surface area contributed by atoms with E-state index in [1.807, 2.05) is 0 Å². The van der Waals surface area contributed by atoms with Gasteiger partial charge in [0.15, 0.2) is 0 Å². The van der Waals surface area contributed by atoms with Gasteiger partial charge in [-0.2, -0.15) is 0 Å². The molecule has 76 valence electrons. The third-order valence-electron chi connectivity index (χ3n) is 2.26. The summed E-state index contributed by atoms with van der Waals surface area (Å²) in [4.78, 5) is 24.8. The van der Waals surface area contributed by atoms with Gasteiger partial charge in [0.2, 0.25) is 0 Å². The summed E-state index contributed by atoms with van der Waals surface area (Å²) in [6.07, 6.45) is 0. The van der Waals surface area contributed by atoms with Crippen molar-refractivity contribution in [1.29, 1.82) is 0 Å². The minimum Gasteiger partial charge on any atom is -0.268 e. The Kier molecular flexibility index (Phi) is 2.44. The van der Waals surface area contributed by atoms with E-state index in [-0.39, 0.29) is 11.8 Å². The fraction of sp³-hybridized carbons (Fsp3) is 0.0909. The first-order valence-corrected chi connectivity index (χ1v) is 5.50. The molecule has 0 saturated heterocycles. The lowest BCUT2D eigenvalue weighted by Gasteiger charge is -2.13. The molecule has 0 atom stereocenters. The molecule has 1 aliphatic rings. The molecule has 15 heavy (non-hydrogen) atoms. The first kappa shape index (κ1) is 10.1. The topological polar surface area (TPSA) is 37.4 Å². The van der Waals surface area contributed by atoms with E-state index in [1.54, 1.807) is 24.3 Å². The molecule has 0 spiro atoms. The molecule has 0 aromatic heterocycles. The van der Waals surface area contributed by atoms with E-state index in [0.29, 0.717) is 22.2 Å². The summed E-state index contributed by atoms with van der Waals surface area (Å²) in [5, 5.41) is 0.401. The smallest absolute Gasteiger partial charge is 0.265 e. The fourth-order valence-corrected chi connectivity index (χ4v) is 1.79. The molecule has 1 aromatic carbocycles. The van der Waals surface area contributed by atoms with Crippen LogP contribution >= 0.6 is 15.9 Å². The maximum absolute atomic E-state index is 11.8. The van der Waals surface area contributed by atoms with Crippen LogP contribution in [0.4, 0.5) is 0 Å². The normalized spacial score (nSPS) is 14.3. The fourth-order valence-electron chi connectivity index (χ4n) is 1.54. The molecule has 0 fully saturated rings. The molecule has 1 aliphatic heterocycles. The van der Waals surface area contributed by atoms with Crippen LogP contribution in [0, 0.1) is 0 Å². The summed E-state index contributed by atoms with van der Waals surface area (Å²) in [5.74, 6) is -0.583. The number of hydrogen-bond donors (Lipinski definition) is 0. The molecule has 2 amide bonds. The summed E-state index contributed by atoms with van der Waals surface area (Å²) in [6, 6.07) is 6.78. The Morgan fingerprint density at radius 3 is 2.07 bits per heavy atom. The SMILES string of the molecule is C=C(CBr)N1C(=O)c2ccccc2C1=O. The number of carbonyl (C=O) groups is 2. The lowest BCUT2D eigenvalue weighted by atomic mass is 10.1. The van der Waals surface area contributed by atoms with Gasteiger partial charge in [0.1, 0.15) is 0 Å². The van der Waals surface area contributed by atoms with E-state index in [1.165, 1.54) is 0 Å². The van der Waals surface area contributed by atoms with Crippen molar-refractivity contribution < 1.29 is 9.59 Å². The molecule has 3 nitrogen and oxygen atoms in total. The highest BCUT2D eigenvalue weighted by Crippen LogP contribution is 2.25. The minimum absolute atomic E-state index is 0.292. The molecule has 1 heterocycles. The minimum atomic E-state index is -0.292. The Balaban J connectivity index is 2.50. The van der Waals surface area contributed by atoms with Crippen molar-refractivity contribution in [3.8, 4) is 0 Å². The van der Waals surface area contributed by atoms with Crippen molar-refractivity contribution in [2.75, 3.05) is 5.33 Å². The number of allylic oxidation sites excluding steroid dienone is 1. The summed E-state index contributed by atoms with van der Waals surface area (Å²) >= 11 is 3.18.